The van der Waals surface area contributed by atoms with Gasteiger partial charge in [0.1, 0.15) is 18.3 Å². The Labute approximate surface area is 251 Å². The molecule has 3 fully saturated rings. The van der Waals surface area contributed by atoms with Crippen LogP contribution in [0.1, 0.15) is 93.9 Å². The second-order valence-corrected chi connectivity index (χ2v) is 14.5. The molecule has 12 atom stereocenters. The first-order valence-electron chi connectivity index (χ1n) is 15.8. The molecule has 0 saturated heterocycles. The summed E-state index contributed by atoms with van der Waals surface area (Å²) in [5, 5.41) is 23.3. The fourth-order valence-corrected chi connectivity index (χ4v) is 9.56. The second-order valence-electron chi connectivity index (χ2n) is 14.5. The Morgan fingerprint density at radius 2 is 1.60 bits per heavy atom. The molecule has 4 rings (SSSR count). The van der Waals surface area contributed by atoms with Gasteiger partial charge in [0.05, 0.1) is 12.2 Å². The Morgan fingerprint density at radius 1 is 0.976 bits per heavy atom. The number of ether oxygens (including phenoxy) is 3. The Morgan fingerprint density at radius 3 is 2.17 bits per heavy atom. The standard InChI is InChI=1S/C34H52O8/c1-17(2)18(3)14-26(38)19(4)24-10-11-25-23-15-29(41-21(6)36)31-32(42-22(7)37)28(40-20(5)35)12-13-33(31,8)30(23)27(39)16-34(24,25)9/h15,17,19,24-32,38-39H,3,10-14,16H2,1-2,4-9H3/t19-,24+,25?,26+,27+,28-,29-,30?,31-,32-,33+,34+/m0/s1. The average Bonchev–Trinajstić information content (AvgIpc) is 3.20. The zero-order valence-corrected chi connectivity index (χ0v) is 26.7. The van der Waals surface area contributed by atoms with Gasteiger partial charge in [-0.05, 0) is 79.1 Å². The molecule has 4 aliphatic rings. The zero-order chi connectivity index (χ0) is 31.3. The number of aliphatic hydroxyl groups is 2. The summed E-state index contributed by atoms with van der Waals surface area (Å²) < 4.78 is 17.4. The van der Waals surface area contributed by atoms with Gasteiger partial charge in [-0.2, -0.15) is 0 Å². The summed E-state index contributed by atoms with van der Waals surface area (Å²) in [5.74, 6) is -1.41. The lowest BCUT2D eigenvalue weighted by Crippen LogP contribution is -2.64. The molecule has 0 radical (unpaired) electrons. The number of fused-ring (bicyclic) bond motifs is 5. The molecule has 2 N–H and O–H groups in total. The Balaban J connectivity index is 1.74. The topological polar surface area (TPSA) is 119 Å². The highest BCUT2D eigenvalue weighted by Crippen LogP contribution is 2.67. The number of hydrogen-bond acceptors (Lipinski definition) is 8. The van der Waals surface area contributed by atoms with Crippen molar-refractivity contribution in [3.8, 4) is 0 Å². The van der Waals surface area contributed by atoms with Gasteiger partial charge in [0.25, 0.3) is 0 Å². The summed E-state index contributed by atoms with van der Waals surface area (Å²) in [5.41, 5.74) is 1.35. The molecular formula is C34H52O8. The summed E-state index contributed by atoms with van der Waals surface area (Å²) in [6.45, 7) is 18.9. The third-order valence-corrected chi connectivity index (χ3v) is 11.5. The molecule has 2 unspecified atom stereocenters. The third kappa shape index (κ3) is 5.82. The van der Waals surface area contributed by atoms with E-state index < -0.39 is 59.8 Å². The van der Waals surface area contributed by atoms with Gasteiger partial charge in [0.2, 0.25) is 0 Å². The van der Waals surface area contributed by atoms with Gasteiger partial charge in [-0.25, -0.2) is 0 Å². The number of carbonyl (C=O) groups excluding carboxylic acids is 3. The fourth-order valence-electron chi connectivity index (χ4n) is 9.56. The van der Waals surface area contributed by atoms with Crippen LogP contribution in [0.4, 0.5) is 0 Å². The second kappa shape index (κ2) is 12.1. The van der Waals surface area contributed by atoms with E-state index in [2.05, 4.69) is 41.2 Å². The lowest BCUT2D eigenvalue weighted by atomic mass is 9.45. The van der Waals surface area contributed by atoms with Gasteiger partial charge in [-0.3, -0.25) is 14.4 Å². The molecule has 4 aliphatic carbocycles. The largest absolute Gasteiger partial charge is 0.459 e. The molecule has 0 heterocycles. The van der Waals surface area contributed by atoms with E-state index in [1.807, 2.05) is 6.08 Å². The maximum atomic E-state index is 12.4. The molecule has 3 saturated carbocycles. The van der Waals surface area contributed by atoms with E-state index in [1.54, 1.807) is 0 Å². The third-order valence-electron chi connectivity index (χ3n) is 11.5. The predicted octanol–water partition coefficient (Wildman–Crippen LogP) is 5.15. The van der Waals surface area contributed by atoms with Crippen molar-refractivity contribution in [1.29, 1.82) is 0 Å². The highest BCUT2D eigenvalue weighted by molar-refractivity contribution is 5.68. The van der Waals surface area contributed by atoms with Crippen LogP contribution < -0.4 is 0 Å². The summed E-state index contributed by atoms with van der Waals surface area (Å²) >= 11 is 0. The summed E-state index contributed by atoms with van der Waals surface area (Å²) in [7, 11) is 0. The van der Waals surface area contributed by atoms with Crippen molar-refractivity contribution in [1.82, 2.24) is 0 Å². The number of carbonyl (C=O) groups is 3. The van der Waals surface area contributed by atoms with Crippen LogP contribution in [0.25, 0.3) is 0 Å². The van der Waals surface area contributed by atoms with Gasteiger partial charge in [-0.15, -0.1) is 0 Å². The van der Waals surface area contributed by atoms with E-state index >= 15 is 0 Å². The average molecular weight is 589 g/mol. The van der Waals surface area contributed by atoms with Crippen LogP contribution in [0.2, 0.25) is 0 Å². The van der Waals surface area contributed by atoms with Crippen LogP contribution in [0.15, 0.2) is 23.8 Å². The highest BCUT2D eigenvalue weighted by Gasteiger charge is 2.66. The lowest BCUT2D eigenvalue weighted by molar-refractivity contribution is -0.210. The minimum absolute atomic E-state index is 0.0311. The van der Waals surface area contributed by atoms with Crippen LogP contribution in [-0.4, -0.2) is 58.6 Å². The normalized spacial score (nSPS) is 40.5. The van der Waals surface area contributed by atoms with Crippen LogP contribution in [0.5, 0.6) is 0 Å². The summed E-state index contributed by atoms with van der Waals surface area (Å²) in [4.78, 5) is 36.7. The van der Waals surface area contributed by atoms with Crippen molar-refractivity contribution < 1.29 is 38.8 Å². The Kier molecular flexibility index (Phi) is 9.40. The number of hydrogen-bond donors (Lipinski definition) is 2. The van der Waals surface area contributed by atoms with Crippen molar-refractivity contribution in [2.75, 3.05) is 0 Å². The fraction of sp³-hybridized carbons (Fsp3) is 0.794. The summed E-state index contributed by atoms with van der Waals surface area (Å²) in [6.07, 6.45) is 2.78. The van der Waals surface area contributed by atoms with E-state index in [0.29, 0.717) is 31.6 Å². The zero-order valence-electron chi connectivity index (χ0n) is 26.7. The van der Waals surface area contributed by atoms with Crippen LogP contribution in [0, 0.1) is 46.3 Å². The molecule has 0 aromatic heterocycles. The van der Waals surface area contributed by atoms with Crippen molar-refractivity contribution in [2.45, 2.75) is 124 Å². The molecule has 42 heavy (non-hydrogen) atoms. The Bertz CT molecular complexity index is 1110. The van der Waals surface area contributed by atoms with E-state index in [0.717, 1.165) is 24.0 Å². The maximum Gasteiger partial charge on any atom is 0.303 e. The van der Waals surface area contributed by atoms with Gasteiger partial charge in [0.15, 0.2) is 0 Å². The lowest BCUT2D eigenvalue weighted by Gasteiger charge is -2.61. The van der Waals surface area contributed by atoms with Crippen molar-refractivity contribution >= 4 is 17.9 Å². The molecule has 0 aliphatic heterocycles. The first-order valence-corrected chi connectivity index (χ1v) is 15.8. The van der Waals surface area contributed by atoms with Gasteiger partial charge in [0, 0.05) is 32.6 Å². The van der Waals surface area contributed by atoms with E-state index in [9.17, 15) is 24.6 Å². The maximum absolute atomic E-state index is 12.4. The van der Waals surface area contributed by atoms with Crippen LogP contribution >= 0.6 is 0 Å². The van der Waals surface area contributed by atoms with Crippen LogP contribution in [0.3, 0.4) is 0 Å². The monoisotopic (exact) mass is 588 g/mol. The highest BCUT2D eigenvalue weighted by atomic mass is 16.6. The first kappa shape index (κ1) is 32.7. The molecule has 236 valence electrons. The van der Waals surface area contributed by atoms with Crippen LogP contribution in [-0.2, 0) is 28.6 Å². The SMILES string of the molecule is C=C(C[C@@H](O)[C@@H](C)[C@H]1CCC2C3=C[C@H](OC(C)=O)[C@H]4[C@@H](OC(C)=O)[C@@H](OC(C)=O)CC[C@]4(C)C3[C@H](O)C[C@@]21C)C(C)C. The molecule has 8 nitrogen and oxygen atoms in total. The van der Waals surface area contributed by atoms with Gasteiger partial charge < -0.3 is 24.4 Å². The number of rotatable bonds is 8. The van der Waals surface area contributed by atoms with E-state index in [-0.39, 0.29) is 29.1 Å². The predicted molar refractivity (Wildman–Crippen MR) is 158 cm³/mol. The minimum atomic E-state index is -0.812. The molecule has 0 aromatic carbocycles. The minimum Gasteiger partial charge on any atom is -0.459 e. The van der Waals surface area contributed by atoms with Crippen molar-refractivity contribution in [3.05, 3.63) is 23.8 Å². The van der Waals surface area contributed by atoms with Crippen molar-refractivity contribution in [2.24, 2.45) is 46.3 Å². The molecule has 0 spiro atoms. The van der Waals surface area contributed by atoms with E-state index in [4.69, 9.17) is 14.2 Å². The molecule has 8 heteroatoms. The Hall–Kier alpha value is -2.19. The summed E-state index contributed by atoms with van der Waals surface area (Å²) in [6, 6.07) is 0. The molecule has 0 amide bonds. The van der Waals surface area contributed by atoms with Gasteiger partial charge >= 0.3 is 17.9 Å². The smallest absolute Gasteiger partial charge is 0.303 e. The first-order chi connectivity index (χ1) is 19.5. The van der Waals surface area contributed by atoms with Crippen molar-refractivity contribution in [3.63, 3.8) is 0 Å². The molecule has 0 bridgehead atoms. The number of aliphatic hydroxyl groups excluding tert-OH is 2. The quantitative estimate of drug-likeness (QED) is 0.227. The van der Waals surface area contributed by atoms with Gasteiger partial charge in [-0.1, -0.05) is 52.3 Å². The van der Waals surface area contributed by atoms with E-state index in [1.165, 1.54) is 20.8 Å². The number of esters is 3. The molecular weight excluding hydrogens is 536 g/mol. The molecule has 0 aromatic rings.